The normalized spacial score (nSPS) is 13.8. The summed E-state index contributed by atoms with van der Waals surface area (Å²) in [6.07, 6.45) is -0.927. The second kappa shape index (κ2) is 4.25. The first-order valence-electron chi connectivity index (χ1n) is 5.01. The third kappa shape index (κ3) is 1.95. The number of ether oxygens (including phenoxy) is 1. The van der Waals surface area contributed by atoms with Crippen molar-refractivity contribution in [2.75, 3.05) is 7.11 Å². The number of aryl methyl sites for hydroxylation is 2. The van der Waals surface area contributed by atoms with E-state index in [4.69, 9.17) is 14.4 Å². The number of hydrogen-bond donors (Lipinski definition) is 1. The molecule has 1 rings (SSSR count). The molecule has 1 heterocycles. The molecule has 1 unspecified atom stereocenters. The third-order valence-corrected chi connectivity index (χ3v) is 2.79. The molecule has 1 N–H and O–H groups in total. The molecule has 0 saturated carbocycles. The van der Waals surface area contributed by atoms with Gasteiger partial charge in [0.2, 0.25) is 0 Å². The van der Waals surface area contributed by atoms with Gasteiger partial charge in [-0.1, -0.05) is 19.0 Å². The van der Waals surface area contributed by atoms with Crippen molar-refractivity contribution in [3.63, 3.8) is 0 Å². The summed E-state index contributed by atoms with van der Waals surface area (Å²) in [4.78, 5) is 11.1. The number of aromatic nitrogens is 1. The van der Waals surface area contributed by atoms with Crippen LogP contribution in [0.4, 0.5) is 0 Å². The number of rotatable bonds is 4. The minimum absolute atomic E-state index is 0.630. The van der Waals surface area contributed by atoms with Crippen LogP contribution in [-0.2, 0) is 14.9 Å². The van der Waals surface area contributed by atoms with Crippen molar-refractivity contribution in [3.8, 4) is 0 Å². The average Bonchev–Trinajstić information content (AvgIpc) is 2.46. The van der Waals surface area contributed by atoms with Gasteiger partial charge in [0.05, 0.1) is 5.69 Å². The summed E-state index contributed by atoms with van der Waals surface area (Å²) in [6.45, 7) is 7.18. The molecule has 1 aromatic rings. The topological polar surface area (TPSA) is 72.6 Å². The summed E-state index contributed by atoms with van der Waals surface area (Å²) >= 11 is 0. The smallest absolute Gasteiger partial charge is 0.333 e. The highest BCUT2D eigenvalue weighted by atomic mass is 16.5. The fourth-order valence-electron chi connectivity index (χ4n) is 2.24. The molecule has 0 aliphatic carbocycles. The third-order valence-electron chi connectivity index (χ3n) is 2.79. The van der Waals surface area contributed by atoms with Gasteiger partial charge < -0.3 is 14.4 Å². The van der Waals surface area contributed by atoms with Crippen LogP contribution >= 0.6 is 0 Å². The SMILES string of the molecule is COC(C(=O)O)C(C)(C)c1c(C)noc1C. The van der Waals surface area contributed by atoms with Crippen LogP contribution in [0.25, 0.3) is 0 Å². The van der Waals surface area contributed by atoms with Crippen LogP contribution in [0, 0.1) is 13.8 Å². The molecule has 0 amide bonds. The van der Waals surface area contributed by atoms with Crippen molar-refractivity contribution in [2.24, 2.45) is 0 Å². The van der Waals surface area contributed by atoms with Gasteiger partial charge in [0, 0.05) is 18.1 Å². The van der Waals surface area contributed by atoms with Crippen molar-refractivity contribution in [2.45, 2.75) is 39.2 Å². The molecule has 90 valence electrons. The van der Waals surface area contributed by atoms with Gasteiger partial charge in [-0.15, -0.1) is 0 Å². The van der Waals surface area contributed by atoms with Gasteiger partial charge in [-0.2, -0.15) is 0 Å². The van der Waals surface area contributed by atoms with Gasteiger partial charge in [-0.05, 0) is 13.8 Å². The summed E-state index contributed by atoms with van der Waals surface area (Å²) in [5.41, 5.74) is 0.807. The van der Waals surface area contributed by atoms with Gasteiger partial charge in [-0.25, -0.2) is 4.79 Å². The van der Waals surface area contributed by atoms with Crippen LogP contribution < -0.4 is 0 Å². The molecular formula is C11H17NO4. The Morgan fingerprint density at radius 2 is 2.06 bits per heavy atom. The van der Waals surface area contributed by atoms with E-state index in [2.05, 4.69) is 5.16 Å². The number of methoxy groups -OCH3 is 1. The van der Waals surface area contributed by atoms with Crippen LogP contribution in [0.5, 0.6) is 0 Å². The Labute approximate surface area is 94.4 Å². The van der Waals surface area contributed by atoms with E-state index in [9.17, 15) is 4.79 Å². The lowest BCUT2D eigenvalue weighted by molar-refractivity contribution is -0.152. The molecule has 0 fully saturated rings. The first-order valence-corrected chi connectivity index (χ1v) is 5.01. The average molecular weight is 227 g/mol. The molecule has 5 nitrogen and oxygen atoms in total. The Hall–Kier alpha value is -1.36. The molecule has 0 spiro atoms. The number of nitrogens with zero attached hydrogens (tertiary/aromatic N) is 1. The number of aliphatic carboxylic acids is 1. The highest BCUT2D eigenvalue weighted by Gasteiger charge is 2.40. The van der Waals surface area contributed by atoms with E-state index < -0.39 is 17.5 Å². The van der Waals surface area contributed by atoms with E-state index in [0.717, 1.165) is 5.56 Å². The molecule has 16 heavy (non-hydrogen) atoms. The molecule has 0 aliphatic rings. The zero-order valence-corrected chi connectivity index (χ0v) is 10.2. The monoisotopic (exact) mass is 227 g/mol. The lowest BCUT2D eigenvalue weighted by Gasteiger charge is -2.30. The van der Waals surface area contributed by atoms with Crippen LogP contribution in [0.15, 0.2) is 4.52 Å². The lowest BCUT2D eigenvalue weighted by atomic mass is 9.78. The quantitative estimate of drug-likeness (QED) is 0.847. The standard InChI is InChI=1S/C11H17NO4/c1-6-8(7(2)16-12-6)11(3,4)9(15-5)10(13)14/h9H,1-5H3,(H,13,14). The predicted molar refractivity (Wildman–Crippen MR) is 57.4 cm³/mol. The van der Waals surface area contributed by atoms with Crippen molar-refractivity contribution >= 4 is 5.97 Å². The van der Waals surface area contributed by atoms with Crippen molar-refractivity contribution in [3.05, 3.63) is 17.0 Å². The van der Waals surface area contributed by atoms with Gasteiger partial charge in [0.25, 0.3) is 0 Å². The molecule has 1 aromatic heterocycles. The second-order valence-electron chi connectivity index (χ2n) is 4.37. The minimum atomic E-state index is -0.993. The predicted octanol–water partition coefficient (Wildman–Crippen LogP) is 1.67. The van der Waals surface area contributed by atoms with Crippen molar-refractivity contribution in [1.29, 1.82) is 0 Å². The Morgan fingerprint density at radius 1 is 1.50 bits per heavy atom. The fraction of sp³-hybridized carbons (Fsp3) is 0.636. The molecule has 0 bridgehead atoms. The van der Waals surface area contributed by atoms with E-state index in [-0.39, 0.29) is 0 Å². The molecular weight excluding hydrogens is 210 g/mol. The largest absolute Gasteiger partial charge is 0.479 e. The molecule has 0 aromatic carbocycles. The number of carboxylic acids is 1. The molecule has 0 aliphatic heterocycles. The number of hydrogen-bond acceptors (Lipinski definition) is 4. The van der Waals surface area contributed by atoms with Gasteiger partial charge in [-0.3, -0.25) is 0 Å². The van der Waals surface area contributed by atoms with E-state index in [1.54, 1.807) is 13.8 Å². The molecule has 0 radical (unpaired) electrons. The maximum atomic E-state index is 11.1. The fourth-order valence-corrected chi connectivity index (χ4v) is 2.24. The Bertz CT molecular complexity index is 375. The maximum Gasteiger partial charge on any atom is 0.333 e. The summed E-state index contributed by atoms with van der Waals surface area (Å²) in [6, 6.07) is 0. The first kappa shape index (κ1) is 12.7. The Balaban J connectivity index is 3.24. The maximum absolute atomic E-state index is 11.1. The van der Waals surface area contributed by atoms with Crippen LogP contribution in [0.2, 0.25) is 0 Å². The van der Waals surface area contributed by atoms with Crippen LogP contribution in [-0.4, -0.2) is 29.4 Å². The molecule has 1 atom stereocenters. The number of carbonyl (C=O) groups is 1. The second-order valence-corrected chi connectivity index (χ2v) is 4.37. The summed E-state index contributed by atoms with van der Waals surface area (Å²) in [7, 11) is 1.39. The van der Waals surface area contributed by atoms with E-state index in [0.29, 0.717) is 11.5 Å². The number of carboxylic acid groups (broad SMARTS) is 1. The Morgan fingerprint density at radius 3 is 2.38 bits per heavy atom. The van der Waals surface area contributed by atoms with Crippen LogP contribution in [0.3, 0.4) is 0 Å². The van der Waals surface area contributed by atoms with Crippen molar-refractivity contribution in [1.82, 2.24) is 5.16 Å². The van der Waals surface area contributed by atoms with Gasteiger partial charge >= 0.3 is 5.97 Å². The van der Waals surface area contributed by atoms with Crippen LogP contribution in [0.1, 0.15) is 30.9 Å². The summed E-state index contributed by atoms with van der Waals surface area (Å²) in [5.74, 6) is -0.363. The molecule has 0 saturated heterocycles. The zero-order valence-electron chi connectivity index (χ0n) is 10.2. The highest BCUT2D eigenvalue weighted by Crippen LogP contribution is 2.33. The van der Waals surface area contributed by atoms with Gasteiger partial charge in [0.1, 0.15) is 5.76 Å². The molecule has 5 heteroatoms. The van der Waals surface area contributed by atoms with E-state index in [1.165, 1.54) is 7.11 Å². The lowest BCUT2D eigenvalue weighted by Crippen LogP contribution is -2.42. The summed E-state index contributed by atoms with van der Waals surface area (Å²) in [5, 5.41) is 12.9. The van der Waals surface area contributed by atoms with Gasteiger partial charge in [0.15, 0.2) is 6.10 Å². The first-order chi connectivity index (χ1) is 7.32. The van der Waals surface area contributed by atoms with E-state index in [1.807, 2.05) is 13.8 Å². The van der Waals surface area contributed by atoms with E-state index >= 15 is 0 Å². The Kier molecular flexibility index (Phi) is 3.38. The summed E-state index contributed by atoms with van der Waals surface area (Å²) < 4.78 is 10.1. The zero-order chi connectivity index (χ0) is 12.5. The minimum Gasteiger partial charge on any atom is -0.479 e. The highest BCUT2D eigenvalue weighted by molar-refractivity contribution is 5.75. The van der Waals surface area contributed by atoms with Crippen molar-refractivity contribution < 1.29 is 19.2 Å².